The minimum atomic E-state index is -0.398. The van der Waals surface area contributed by atoms with Crippen LogP contribution in [0.2, 0.25) is 0 Å². The number of hydrogen-bond donors (Lipinski definition) is 4. The lowest BCUT2D eigenvalue weighted by molar-refractivity contribution is -0.123. The van der Waals surface area contributed by atoms with Gasteiger partial charge in [0.05, 0.1) is 6.04 Å². The molecule has 0 aliphatic carbocycles. The summed E-state index contributed by atoms with van der Waals surface area (Å²) in [6.45, 7) is 5.24. The highest BCUT2D eigenvalue weighted by Gasteiger charge is 2.18. The van der Waals surface area contributed by atoms with Crippen molar-refractivity contribution in [2.45, 2.75) is 38.8 Å². The number of nitrogens with two attached hydrogens (primary N) is 1. The molecule has 0 radical (unpaired) electrons. The molecule has 0 saturated heterocycles. The van der Waals surface area contributed by atoms with E-state index in [1.807, 2.05) is 44.2 Å². The summed E-state index contributed by atoms with van der Waals surface area (Å²) in [5, 5.41) is 15.2. The maximum atomic E-state index is 12.1. The van der Waals surface area contributed by atoms with Gasteiger partial charge < -0.3 is 21.5 Å². The van der Waals surface area contributed by atoms with Crippen LogP contribution in [0.4, 0.5) is 0 Å². The van der Waals surface area contributed by atoms with E-state index in [0.29, 0.717) is 25.4 Å². The number of amides is 1. The molecule has 0 saturated carbocycles. The van der Waals surface area contributed by atoms with Gasteiger partial charge in [-0.15, -0.1) is 0 Å². The lowest BCUT2D eigenvalue weighted by atomic mass is 10.1. The summed E-state index contributed by atoms with van der Waals surface area (Å²) in [6.07, 6.45) is 1.15. The molecule has 1 rings (SSSR count). The van der Waals surface area contributed by atoms with E-state index in [1.54, 1.807) is 0 Å². The van der Waals surface area contributed by atoms with Crippen LogP contribution in [0.1, 0.15) is 25.8 Å². The predicted octanol–water partition coefficient (Wildman–Crippen LogP) is 0.669. The highest BCUT2D eigenvalue weighted by atomic mass is 16.3. The SMILES string of the molecule is CC(C)CNC(=O)[C@H](CCO)NC[C@@H](N)Cc1ccccc1. The third kappa shape index (κ3) is 7.54. The highest BCUT2D eigenvalue weighted by Crippen LogP contribution is 2.02. The zero-order valence-electron chi connectivity index (χ0n) is 13.6. The van der Waals surface area contributed by atoms with Crippen LogP contribution >= 0.6 is 0 Å². The number of aliphatic hydroxyl groups excluding tert-OH is 1. The molecule has 2 atom stereocenters. The normalized spacial score (nSPS) is 13.9. The van der Waals surface area contributed by atoms with Gasteiger partial charge in [-0.25, -0.2) is 0 Å². The lowest BCUT2D eigenvalue weighted by Gasteiger charge is -2.21. The van der Waals surface area contributed by atoms with Crippen molar-refractivity contribution in [3.05, 3.63) is 35.9 Å². The molecule has 0 spiro atoms. The molecule has 22 heavy (non-hydrogen) atoms. The van der Waals surface area contributed by atoms with E-state index >= 15 is 0 Å². The van der Waals surface area contributed by atoms with Gasteiger partial charge in [0.25, 0.3) is 0 Å². The molecule has 5 N–H and O–H groups in total. The molecule has 1 aromatic carbocycles. The summed E-state index contributed by atoms with van der Waals surface area (Å²) in [7, 11) is 0. The van der Waals surface area contributed by atoms with Gasteiger partial charge >= 0.3 is 0 Å². The summed E-state index contributed by atoms with van der Waals surface area (Å²) in [5.41, 5.74) is 7.30. The maximum absolute atomic E-state index is 12.1. The number of nitrogens with one attached hydrogen (secondary N) is 2. The fourth-order valence-corrected chi connectivity index (χ4v) is 2.17. The largest absolute Gasteiger partial charge is 0.396 e. The first-order chi connectivity index (χ1) is 10.5. The molecule has 0 heterocycles. The summed E-state index contributed by atoms with van der Waals surface area (Å²) < 4.78 is 0. The second-order valence-electron chi connectivity index (χ2n) is 6.06. The molecule has 5 heteroatoms. The van der Waals surface area contributed by atoms with Gasteiger partial charge in [-0.2, -0.15) is 0 Å². The number of hydrogen-bond acceptors (Lipinski definition) is 4. The predicted molar refractivity (Wildman–Crippen MR) is 89.5 cm³/mol. The Morgan fingerprint density at radius 3 is 2.50 bits per heavy atom. The topological polar surface area (TPSA) is 87.4 Å². The zero-order chi connectivity index (χ0) is 16.4. The molecular weight excluding hydrogens is 278 g/mol. The van der Waals surface area contributed by atoms with Gasteiger partial charge in [0.2, 0.25) is 5.91 Å². The smallest absolute Gasteiger partial charge is 0.237 e. The van der Waals surface area contributed by atoms with E-state index in [4.69, 9.17) is 10.8 Å². The van der Waals surface area contributed by atoms with Crippen molar-refractivity contribution < 1.29 is 9.90 Å². The first kappa shape index (κ1) is 18.6. The van der Waals surface area contributed by atoms with Crippen LogP contribution in [-0.4, -0.2) is 42.8 Å². The quantitative estimate of drug-likeness (QED) is 0.512. The van der Waals surface area contributed by atoms with Gasteiger partial charge in [0, 0.05) is 25.7 Å². The molecule has 124 valence electrons. The number of carbonyl (C=O) groups excluding carboxylic acids is 1. The molecule has 1 aromatic rings. The van der Waals surface area contributed by atoms with Crippen molar-refractivity contribution >= 4 is 5.91 Å². The van der Waals surface area contributed by atoms with Crippen LogP contribution in [0.5, 0.6) is 0 Å². The highest BCUT2D eigenvalue weighted by molar-refractivity contribution is 5.81. The molecule has 0 aliphatic heterocycles. The van der Waals surface area contributed by atoms with Crippen LogP contribution in [0.25, 0.3) is 0 Å². The Labute approximate surface area is 133 Å². The Morgan fingerprint density at radius 2 is 1.91 bits per heavy atom. The van der Waals surface area contributed by atoms with Crippen LogP contribution in [0.15, 0.2) is 30.3 Å². The van der Waals surface area contributed by atoms with E-state index in [1.165, 1.54) is 5.56 Å². The Balaban J connectivity index is 2.40. The van der Waals surface area contributed by atoms with E-state index in [0.717, 1.165) is 6.42 Å². The van der Waals surface area contributed by atoms with E-state index in [-0.39, 0.29) is 18.6 Å². The maximum Gasteiger partial charge on any atom is 0.237 e. The first-order valence-electron chi connectivity index (χ1n) is 7.94. The van der Waals surface area contributed by atoms with Crippen LogP contribution < -0.4 is 16.4 Å². The molecule has 1 amide bonds. The zero-order valence-corrected chi connectivity index (χ0v) is 13.6. The van der Waals surface area contributed by atoms with E-state index < -0.39 is 6.04 Å². The van der Waals surface area contributed by atoms with E-state index in [2.05, 4.69) is 10.6 Å². The number of benzene rings is 1. The van der Waals surface area contributed by atoms with Gasteiger partial charge in [-0.05, 0) is 24.3 Å². The van der Waals surface area contributed by atoms with Gasteiger partial charge in [0.1, 0.15) is 0 Å². The second-order valence-corrected chi connectivity index (χ2v) is 6.06. The second kappa shape index (κ2) is 10.3. The number of aliphatic hydroxyl groups is 1. The molecule has 0 bridgehead atoms. The van der Waals surface area contributed by atoms with Gasteiger partial charge in [-0.3, -0.25) is 4.79 Å². The van der Waals surface area contributed by atoms with Crippen molar-refractivity contribution in [3.8, 4) is 0 Å². The Bertz CT molecular complexity index is 423. The van der Waals surface area contributed by atoms with Crippen molar-refractivity contribution in [1.82, 2.24) is 10.6 Å². The van der Waals surface area contributed by atoms with Gasteiger partial charge in [0.15, 0.2) is 0 Å². The van der Waals surface area contributed by atoms with Crippen molar-refractivity contribution in [2.24, 2.45) is 11.7 Å². The van der Waals surface area contributed by atoms with Crippen molar-refractivity contribution in [1.29, 1.82) is 0 Å². The lowest BCUT2D eigenvalue weighted by Crippen LogP contribution is -2.49. The molecular formula is C17H29N3O2. The molecule has 0 unspecified atom stereocenters. The van der Waals surface area contributed by atoms with Crippen molar-refractivity contribution in [2.75, 3.05) is 19.7 Å². The average Bonchev–Trinajstić information content (AvgIpc) is 2.50. The molecule has 0 aliphatic rings. The minimum Gasteiger partial charge on any atom is -0.396 e. The minimum absolute atomic E-state index is 0.0271. The first-order valence-corrected chi connectivity index (χ1v) is 7.94. The Hall–Kier alpha value is -1.43. The number of carbonyl (C=O) groups is 1. The molecule has 0 fully saturated rings. The summed E-state index contributed by atoms with van der Waals surface area (Å²) in [5.74, 6) is 0.328. The number of rotatable bonds is 10. The summed E-state index contributed by atoms with van der Waals surface area (Å²) in [4.78, 5) is 12.1. The summed E-state index contributed by atoms with van der Waals surface area (Å²) in [6, 6.07) is 9.57. The van der Waals surface area contributed by atoms with Crippen molar-refractivity contribution in [3.63, 3.8) is 0 Å². The average molecular weight is 307 g/mol. The van der Waals surface area contributed by atoms with Crippen LogP contribution in [0.3, 0.4) is 0 Å². The third-order valence-electron chi connectivity index (χ3n) is 3.39. The fraction of sp³-hybridized carbons (Fsp3) is 0.588. The standard InChI is InChI=1S/C17H29N3O2/c1-13(2)11-20-17(22)16(8-9-21)19-12-15(18)10-14-6-4-3-5-7-14/h3-7,13,15-16,19,21H,8-12,18H2,1-2H3,(H,20,22)/t15-,16-/m0/s1. The third-order valence-corrected chi connectivity index (χ3v) is 3.39. The fourth-order valence-electron chi connectivity index (χ4n) is 2.17. The summed E-state index contributed by atoms with van der Waals surface area (Å²) >= 11 is 0. The molecule has 5 nitrogen and oxygen atoms in total. The Morgan fingerprint density at radius 1 is 1.23 bits per heavy atom. The monoisotopic (exact) mass is 307 g/mol. The van der Waals surface area contributed by atoms with Gasteiger partial charge in [-0.1, -0.05) is 44.2 Å². The van der Waals surface area contributed by atoms with Crippen LogP contribution in [-0.2, 0) is 11.2 Å². The van der Waals surface area contributed by atoms with E-state index in [9.17, 15) is 4.79 Å². The van der Waals surface area contributed by atoms with Crippen LogP contribution in [0, 0.1) is 5.92 Å². The molecule has 0 aromatic heterocycles. The Kier molecular flexibility index (Phi) is 8.74.